The summed E-state index contributed by atoms with van der Waals surface area (Å²) in [6.45, 7) is 1.48. The van der Waals surface area contributed by atoms with Gasteiger partial charge in [0.25, 0.3) is 5.91 Å². The number of piperidine rings is 1. The van der Waals surface area contributed by atoms with Crippen molar-refractivity contribution in [3.63, 3.8) is 0 Å². The van der Waals surface area contributed by atoms with Gasteiger partial charge in [-0.15, -0.1) is 0 Å². The minimum atomic E-state index is -3.54. The number of hydrogen-bond donors (Lipinski definition) is 1. The number of nitrogens with one attached hydrogen (secondary N) is 1. The van der Waals surface area contributed by atoms with Gasteiger partial charge in [-0.3, -0.25) is 4.79 Å². The third kappa shape index (κ3) is 3.52. The summed E-state index contributed by atoms with van der Waals surface area (Å²) in [5.74, 6) is -0.102. The van der Waals surface area contributed by atoms with E-state index < -0.39 is 10.0 Å². The molecular weight excluding hydrogens is 368 g/mol. The summed E-state index contributed by atoms with van der Waals surface area (Å²) in [6.07, 6.45) is 4.92. The summed E-state index contributed by atoms with van der Waals surface area (Å²) in [5, 5.41) is 0. The zero-order valence-corrected chi connectivity index (χ0v) is 14.6. The summed E-state index contributed by atoms with van der Waals surface area (Å²) < 4.78 is 27.9. The Morgan fingerprint density at radius 3 is 2.50 bits per heavy atom. The van der Waals surface area contributed by atoms with Crippen LogP contribution in [-0.2, 0) is 10.0 Å². The molecule has 1 aromatic carbocycles. The van der Waals surface area contributed by atoms with Crippen molar-refractivity contribution in [1.29, 1.82) is 0 Å². The monoisotopic (exact) mass is 386 g/mol. The van der Waals surface area contributed by atoms with E-state index in [1.165, 1.54) is 12.1 Å². The molecule has 7 heteroatoms. The Morgan fingerprint density at radius 2 is 1.86 bits per heavy atom. The number of carbonyl (C=O) groups is 1. The van der Waals surface area contributed by atoms with Gasteiger partial charge in [0.1, 0.15) is 0 Å². The van der Waals surface area contributed by atoms with Crippen molar-refractivity contribution in [1.82, 2.24) is 9.62 Å². The summed E-state index contributed by atoms with van der Waals surface area (Å²) in [6, 6.07) is 4.70. The van der Waals surface area contributed by atoms with Crippen LogP contribution in [0.15, 0.2) is 27.6 Å². The van der Waals surface area contributed by atoms with Gasteiger partial charge in [0, 0.05) is 23.6 Å². The van der Waals surface area contributed by atoms with Gasteiger partial charge in [-0.05, 0) is 66.2 Å². The molecule has 0 radical (unpaired) electrons. The van der Waals surface area contributed by atoms with Gasteiger partial charge in [0.15, 0.2) is 0 Å². The number of halogens is 1. The first-order valence-corrected chi connectivity index (χ1v) is 9.86. The molecule has 120 valence electrons. The van der Waals surface area contributed by atoms with E-state index in [0.717, 1.165) is 45.2 Å². The van der Waals surface area contributed by atoms with Gasteiger partial charge < -0.3 is 4.90 Å². The molecule has 0 unspecified atom stereocenters. The van der Waals surface area contributed by atoms with Gasteiger partial charge in [-0.25, -0.2) is 13.1 Å². The van der Waals surface area contributed by atoms with E-state index in [-0.39, 0.29) is 16.8 Å². The van der Waals surface area contributed by atoms with E-state index in [4.69, 9.17) is 0 Å². The minimum Gasteiger partial charge on any atom is -0.339 e. The Morgan fingerprint density at radius 1 is 1.18 bits per heavy atom. The van der Waals surface area contributed by atoms with Gasteiger partial charge in [-0.2, -0.15) is 0 Å². The molecule has 1 N–H and O–H groups in total. The van der Waals surface area contributed by atoms with Crippen LogP contribution in [0.1, 0.15) is 42.5 Å². The molecule has 3 rings (SSSR count). The fraction of sp³-hybridized carbons (Fsp3) is 0.533. The van der Waals surface area contributed by atoms with Crippen LogP contribution in [0.2, 0.25) is 0 Å². The predicted molar refractivity (Wildman–Crippen MR) is 87.2 cm³/mol. The highest BCUT2D eigenvalue weighted by Crippen LogP contribution is 2.26. The third-order valence-corrected chi connectivity index (χ3v) is 6.23. The van der Waals surface area contributed by atoms with Crippen LogP contribution in [0.5, 0.6) is 0 Å². The molecule has 0 aromatic heterocycles. The number of nitrogens with zero attached hydrogens (tertiary/aromatic N) is 1. The molecule has 5 nitrogen and oxygen atoms in total. The van der Waals surface area contributed by atoms with E-state index in [2.05, 4.69) is 20.7 Å². The van der Waals surface area contributed by atoms with E-state index in [9.17, 15) is 13.2 Å². The highest BCUT2D eigenvalue weighted by atomic mass is 79.9. The Bertz CT molecular complexity index is 680. The molecule has 1 saturated heterocycles. The zero-order valence-electron chi connectivity index (χ0n) is 12.2. The topological polar surface area (TPSA) is 66.5 Å². The lowest BCUT2D eigenvalue weighted by Gasteiger charge is -2.27. The first-order valence-electron chi connectivity index (χ1n) is 7.58. The van der Waals surface area contributed by atoms with Crippen molar-refractivity contribution in [2.45, 2.75) is 43.0 Å². The number of benzene rings is 1. The van der Waals surface area contributed by atoms with Gasteiger partial charge in [0.2, 0.25) is 10.0 Å². The van der Waals surface area contributed by atoms with Crippen LogP contribution < -0.4 is 4.72 Å². The summed E-state index contributed by atoms with van der Waals surface area (Å²) in [4.78, 5) is 14.6. The number of carbonyl (C=O) groups excluding carboxylic acids is 1. The molecule has 22 heavy (non-hydrogen) atoms. The molecule has 1 saturated carbocycles. The van der Waals surface area contributed by atoms with Crippen LogP contribution in [0.25, 0.3) is 0 Å². The van der Waals surface area contributed by atoms with Gasteiger partial charge in [0.05, 0.1) is 10.5 Å². The molecule has 1 aliphatic carbocycles. The van der Waals surface area contributed by atoms with Crippen molar-refractivity contribution in [2.24, 2.45) is 0 Å². The fourth-order valence-electron chi connectivity index (χ4n) is 2.59. The first kappa shape index (κ1) is 16.0. The van der Waals surface area contributed by atoms with Crippen LogP contribution in [-0.4, -0.2) is 38.4 Å². The molecular formula is C15H19BrN2O3S. The van der Waals surface area contributed by atoms with Gasteiger partial charge >= 0.3 is 0 Å². The second kappa shape index (κ2) is 6.29. The first-order chi connectivity index (χ1) is 10.5. The smallest absolute Gasteiger partial charge is 0.255 e. The number of sulfonamides is 1. The fourth-order valence-corrected chi connectivity index (χ4v) is 4.34. The summed E-state index contributed by atoms with van der Waals surface area (Å²) in [5.41, 5.74) is 0.417. The standard InChI is InChI=1S/C15H19BrN2O3S/c16-14-7-6-12(22(20,21)17-11-4-5-11)10-13(14)15(19)18-8-2-1-3-9-18/h6-7,10-11,17H,1-5,8-9H2. The largest absolute Gasteiger partial charge is 0.339 e. The lowest BCUT2D eigenvalue weighted by Crippen LogP contribution is -2.36. The zero-order chi connectivity index (χ0) is 15.7. The van der Waals surface area contributed by atoms with Crippen LogP contribution >= 0.6 is 15.9 Å². The van der Waals surface area contributed by atoms with Crippen molar-refractivity contribution in [3.8, 4) is 0 Å². The minimum absolute atomic E-state index is 0.0508. The third-order valence-electron chi connectivity index (χ3n) is 4.02. The highest BCUT2D eigenvalue weighted by Gasteiger charge is 2.29. The van der Waals surface area contributed by atoms with E-state index in [0.29, 0.717) is 10.0 Å². The molecule has 0 atom stereocenters. The van der Waals surface area contributed by atoms with E-state index >= 15 is 0 Å². The number of amides is 1. The Kier molecular flexibility index (Phi) is 4.56. The highest BCUT2D eigenvalue weighted by molar-refractivity contribution is 9.10. The van der Waals surface area contributed by atoms with Crippen molar-refractivity contribution < 1.29 is 13.2 Å². The average molecular weight is 387 g/mol. The summed E-state index contributed by atoms with van der Waals surface area (Å²) in [7, 11) is -3.54. The molecule has 1 amide bonds. The number of likely N-dealkylation sites (tertiary alicyclic amines) is 1. The lowest BCUT2D eigenvalue weighted by atomic mass is 10.1. The summed E-state index contributed by atoms with van der Waals surface area (Å²) >= 11 is 3.36. The maximum atomic E-state index is 12.6. The van der Waals surface area contributed by atoms with E-state index in [1.807, 2.05) is 0 Å². The maximum Gasteiger partial charge on any atom is 0.255 e. The second-order valence-electron chi connectivity index (χ2n) is 5.89. The van der Waals surface area contributed by atoms with Crippen molar-refractivity contribution in [2.75, 3.05) is 13.1 Å². The van der Waals surface area contributed by atoms with Gasteiger partial charge in [-0.1, -0.05) is 0 Å². The number of rotatable bonds is 4. The molecule has 1 heterocycles. The normalized spacial score (nSPS) is 19.2. The molecule has 0 bridgehead atoms. The van der Waals surface area contributed by atoms with Crippen LogP contribution in [0.3, 0.4) is 0 Å². The van der Waals surface area contributed by atoms with Crippen LogP contribution in [0, 0.1) is 0 Å². The van der Waals surface area contributed by atoms with E-state index in [1.54, 1.807) is 11.0 Å². The van der Waals surface area contributed by atoms with Crippen molar-refractivity contribution >= 4 is 31.9 Å². The second-order valence-corrected chi connectivity index (χ2v) is 8.46. The molecule has 0 spiro atoms. The quantitative estimate of drug-likeness (QED) is 0.864. The Labute approximate surface area is 139 Å². The Hall–Kier alpha value is -0.920. The SMILES string of the molecule is O=C(c1cc(S(=O)(=O)NC2CC2)ccc1Br)N1CCCCC1. The average Bonchev–Trinajstić information content (AvgIpc) is 3.31. The predicted octanol–water partition coefficient (Wildman–Crippen LogP) is 2.52. The Balaban J connectivity index is 1.87. The van der Waals surface area contributed by atoms with Crippen LogP contribution in [0.4, 0.5) is 0 Å². The molecule has 2 aliphatic rings. The number of hydrogen-bond acceptors (Lipinski definition) is 3. The molecule has 1 aliphatic heterocycles. The lowest BCUT2D eigenvalue weighted by molar-refractivity contribution is 0.0723. The molecule has 2 fully saturated rings. The van der Waals surface area contributed by atoms with Crippen molar-refractivity contribution in [3.05, 3.63) is 28.2 Å². The maximum absolute atomic E-state index is 12.6. The molecule has 1 aromatic rings.